The van der Waals surface area contributed by atoms with Gasteiger partial charge in [-0.25, -0.2) is 4.39 Å². The van der Waals surface area contributed by atoms with Gasteiger partial charge >= 0.3 is 6.18 Å². The summed E-state index contributed by atoms with van der Waals surface area (Å²) in [6.45, 7) is -0.504. The number of anilines is 2. The van der Waals surface area contributed by atoms with Gasteiger partial charge in [-0.05, 0) is 18.2 Å². The fourth-order valence-electron chi connectivity index (χ4n) is 2.17. The molecule has 0 radical (unpaired) electrons. The highest BCUT2D eigenvalue weighted by Gasteiger charge is 2.28. The number of fused-ring (bicyclic) bond motifs is 1. The van der Waals surface area contributed by atoms with Crippen LogP contribution in [0.25, 0.3) is 0 Å². The molecule has 1 aromatic rings. The average Bonchev–Trinajstić information content (AvgIpc) is 2.39. The van der Waals surface area contributed by atoms with Gasteiger partial charge in [0.2, 0.25) is 5.91 Å². The maximum atomic E-state index is 13.3. The monoisotopic (exact) mass is 305 g/mol. The molecule has 1 amide bonds. The molecule has 0 saturated carbocycles. The summed E-state index contributed by atoms with van der Waals surface area (Å²) in [5, 5.41) is 1.83. The predicted octanol–water partition coefficient (Wildman–Crippen LogP) is 1.76. The lowest BCUT2D eigenvalue weighted by Gasteiger charge is -2.36. The molecule has 1 aromatic carbocycles. The molecule has 1 aliphatic rings. The Hall–Kier alpha value is -1.99. The molecule has 21 heavy (non-hydrogen) atoms. The van der Waals surface area contributed by atoms with Crippen molar-refractivity contribution in [1.29, 1.82) is 0 Å². The molecular weight excluding hydrogens is 290 g/mol. The van der Waals surface area contributed by atoms with E-state index in [1.54, 1.807) is 11.9 Å². The van der Waals surface area contributed by atoms with Crippen LogP contribution in [0.15, 0.2) is 18.2 Å². The Kier molecular flexibility index (Phi) is 4.24. The number of hydrogen-bond acceptors (Lipinski definition) is 3. The molecule has 8 heteroatoms. The van der Waals surface area contributed by atoms with E-state index in [0.29, 0.717) is 24.5 Å². The Morgan fingerprint density at radius 1 is 1.29 bits per heavy atom. The number of halogens is 4. The summed E-state index contributed by atoms with van der Waals surface area (Å²) < 4.78 is 49.4. The third kappa shape index (κ3) is 3.99. The Labute approximate surface area is 119 Å². The summed E-state index contributed by atoms with van der Waals surface area (Å²) in [4.78, 5) is 15.1. The van der Waals surface area contributed by atoms with Crippen LogP contribution in [0.3, 0.4) is 0 Å². The predicted molar refractivity (Wildman–Crippen MR) is 70.9 cm³/mol. The van der Waals surface area contributed by atoms with Crippen molar-refractivity contribution in [1.82, 2.24) is 5.32 Å². The quantitative estimate of drug-likeness (QED) is 0.865. The molecule has 0 aliphatic carbocycles. The number of carbonyl (C=O) groups is 1. The van der Waals surface area contributed by atoms with Crippen LogP contribution in [0.5, 0.6) is 0 Å². The SMILES string of the molecule is CN1CCN(CC(=O)NCC(F)(F)F)c2ccc(F)cc21. The Morgan fingerprint density at radius 3 is 2.67 bits per heavy atom. The van der Waals surface area contributed by atoms with Gasteiger partial charge in [-0.3, -0.25) is 4.79 Å². The molecule has 0 saturated heterocycles. The lowest BCUT2D eigenvalue weighted by molar-refractivity contribution is -0.137. The molecule has 0 bridgehead atoms. The minimum Gasteiger partial charge on any atom is -0.371 e. The number of likely N-dealkylation sites (N-methyl/N-ethyl adjacent to an activating group) is 1. The summed E-state index contributed by atoms with van der Waals surface area (Å²) >= 11 is 0. The fourth-order valence-corrected chi connectivity index (χ4v) is 2.17. The Morgan fingerprint density at radius 2 is 2.00 bits per heavy atom. The second kappa shape index (κ2) is 5.79. The number of alkyl halides is 3. The largest absolute Gasteiger partial charge is 0.405 e. The molecule has 0 aromatic heterocycles. The lowest BCUT2D eigenvalue weighted by Crippen LogP contribution is -2.46. The minimum absolute atomic E-state index is 0.192. The number of nitrogens with zero attached hydrogens (tertiary/aromatic N) is 2. The molecule has 0 unspecified atom stereocenters. The zero-order chi connectivity index (χ0) is 15.6. The maximum absolute atomic E-state index is 13.3. The Bertz CT molecular complexity index is 533. The van der Waals surface area contributed by atoms with Crippen LogP contribution in [0.2, 0.25) is 0 Å². The number of carbonyl (C=O) groups excluding carboxylic acids is 1. The van der Waals surface area contributed by atoms with E-state index in [0.717, 1.165) is 0 Å². The molecule has 116 valence electrons. The van der Waals surface area contributed by atoms with E-state index >= 15 is 0 Å². The molecule has 1 heterocycles. The first-order valence-corrected chi connectivity index (χ1v) is 6.35. The van der Waals surface area contributed by atoms with Crippen molar-refractivity contribution in [3.8, 4) is 0 Å². The minimum atomic E-state index is -4.43. The zero-order valence-electron chi connectivity index (χ0n) is 11.4. The van der Waals surface area contributed by atoms with E-state index in [1.165, 1.54) is 18.2 Å². The summed E-state index contributed by atoms with van der Waals surface area (Å²) in [5.41, 5.74) is 1.25. The fraction of sp³-hybridized carbons (Fsp3) is 0.462. The van der Waals surface area contributed by atoms with Crippen LogP contribution in [-0.4, -0.2) is 45.3 Å². The van der Waals surface area contributed by atoms with E-state index in [2.05, 4.69) is 0 Å². The van der Waals surface area contributed by atoms with E-state index in [-0.39, 0.29) is 6.54 Å². The van der Waals surface area contributed by atoms with Gasteiger partial charge in [-0.15, -0.1) is 0 Å². The van der Waals surface area contributed by atoms with E-state index < -0.39 is 24.4 Å². The molecule has 0 spiro atoms. The van der Waals surface area contributed by atoms with Crippen molar-refractivity contribution in [2.24, 2.45) is 0 Å². The van der Waals surface area contributed by atoms with Crippen molar-refractivity contribution in [2.75, 3.05) is 43.0 Å². The Balaban J connectivity index is 2.06. The molecular formula is C13H15F4N3O. The van der Waals surface area contributed by atoms with Crippen molar-refractivity contribution in [3.63, 3.8) is 0 Å². The maximum Gasteiger partial charge on any atom is 0.405 e. The van der Waals surface area contributed by atoms with Crippen molar-refractivity contribution < 1.29 is 22.4 Å². The van der Waals surface area contributed by atoms with Crippen LogP contribution >= 0.6 is 0 Å². The smallest absolute Gasteiger partial charge is 0.371 e. The van der Waals surface area contributed by atoms with Crippen molar-refractivity contribution >= 4 is 17.3 Å². The van der Waals surface area contributed by atoms with Crippen LogP contribution in [0, 0.1) is 5.82 Å². The molecule has 0 fully saturated rings. The highest BCUT2D eigenvalue weighted by Crippen LogP contribution is 2.32. The number of amides is 1. The lowest BCUT2D eigenvalue weighted by atomic mass is 10.1. The number of hydrogen-bond donors (Lipinski definition) is 1. The van der Waals surface area contributed by atoms with Crippen molar-refractivity contribution in [3.05, 3.63) is 24.0 Å². The molecule has 0 atom stereocenters. The highest BCUT2D eigenvalue weighted by atomic mass is 19.4. The second-order valence-corrected chi connectivity index (χ2v) is 4.87. The van der Waals surface area contributed by atoms with Gasteiger partial charge in [-0.2, -0.15) is 13.2 Å². The molecule has 1 aliphatic heterocycles. The third-order valence-electron chi connectivity index (χ3n) is 3.22. The van der Waals surface area contributed by atoms with Crippen LogP contribution in [-0.2, 0) is 4.79 Å². The van der Waals surface area contributed by atoms with Crippen LogP contribution in [0.4, 0.5) is 28.9 Å². The molecule has 4 nitrogen and oxygen atoms in total. The normalized spacial score (nSPS) is 14.9. The first-order chi connectivity index (χ1) is 9.76. The first-order valence-electron chi connectivity index (χ1n) is 6.35. The van der Waals surface area contributed by atoms with Gasteiger partial charge in [-0.1, -0.05) is 0 Å². The van der Waals surface area contributed by atoms with E-state index in [4.69, 9.17) is 0 Å². The van der Waals surface area contributed by atoms with Crippen LogP contribution in [0.1, 0.15) is 0 Å². The van der Waals surface area contributed by atoms with E-state index in [9.17, 15) is 22.4 Å². The van der Waals surface area contributed by atoms with Gasteiger partial charge in [0, 0.05) is 20.1 Å². The summed E-state index contributed by atoms with van der Waals surface area (Å²) in [7, 11) is 1.79. The van der Waals surface area contributed by atoms with E-state index in [1.807, 2.05) is 10.2 Å². The summed E-state index contributed by atoms with van der Waals surface area (Å²) in [6, 6.07) is 4.13. The highest BCUT2D eigenvalue weighted by molar-refractivity contribution is 5.84. The number of benzene rings is 1. The third-order valence-corrected chi connectivity index (χ3v) is 3.22. The molecule has 2 rings (SSSR count). The van der Waals surface area contributed by atoms with Crippen LogP contribution < -0.4 is 15.1 Å². The molecule has 1 N–H and O–H groups in total. The first kappa shape index (κ1) is 15.4. The zero-order valence-corrected chi connectivity index (χ0v) is 11.4. The number of rotatable bonds is 3. The number of nitrogens with one attached hydrogen (secondary N) is 1. The summed E-state index contributed by atoms with van der Waals surface area (Å²) in [6.07, 6.45) is -4.43. The standard InChI is InChI=1S/C13H15F4N3O/c1-19-4-5-20(7-12(21)18-8-13(15,16)17)10-3-2-9(14)6-11(10)19/h2-3,6H,4-5,7-8H2,1H3,(H,18,21). The topological polar surface area (TPSA) is 35.6 Å². The second-order valence-electron chi connectivity index (χ2n) is 4.87. The van der Waals surface area contributed by atoms with Gasteiger partial charge in [0.1, 0.15) is 12.4 Å². The van der Waals surface area contributed by atoms with Crippen molar-refractivity contribution in [2.45, 2.75) is 6.18 Å². The summed E-state index contributed by atoms with van der Waals surface area (Å²) in [5.74, 6) is -1.11. The van der Waals surface area contributed by atoms with Gasteiger partial charge in [0.15, 0.2) is 0 Å². The van der Waals surface area contributed by atoms with Gasteiger partial charge < -0.3 is 15.1 Å². The average molecular weight is 305 g/mol. The van der Waals surface area contributed by atoms with Gasteiger partial charge in [0.25, 0.3) is 0 Å². The van der Waals surface area contributed by atoms with Gasteiger partial charge in [0.05, 0.1) is 17.9 Å².